The van der Waals surface area contributed by atoms with E-state index in [1.54, 1.807) is 11.4 Å². The van der Waals surface area contributed by atoms with E-state index in [4.69, 9.17) is 11.0 Å². The predicted octanol–water partition coefficient (Wildman–Crippen LogP) is 2.24. The number of non-ortho nitro benzene ring substituents is 1. The van der Waals surface area contributed by atoms with Gasteiger partial charge in [0.15, 0.2) is 0 Å². The molecule has 0 atom stereocenters. The lowest BCUT2D eigenvalue weighted by atomic mass is 10.1. The Labute approximate surface area is 123 Å². The van der Waals surface area contributed by atoms with E-state index in [1.165, 1.54) is 29.5 Å². The zero-order chi connectivity index (χ0) is 15.4. The summed E-state index contributed by atoms with van der Waals surface area (Å²) in [4.78, 5) is 22.0. The SMILES string of the molecule is N#Cc1cc([N+](=O)[O-])ccc1NCc1cc(C(N)=O)cs1. The van der Waals surface area contributed by atoms with E-state index < -0.39 is 10.8 Å². The molecule has 0 spiro atoms. The average Bonchev–Trinajstić information content (AvgIpc) is 2.93. The fraction of sp³-hybridized carbons (Fsp3) is 0.0769. The number of nitro groups is 1. The topological polar surface area (TPSA) is 122 Å². The molecule has 0 fully saturated rings. The minimum Gasteiger partial charge on any atom is -0.379 e. The van der Waals surface area contributed by atoms with Crippen LogP contribution in [0, 0.1) is 21.4 Å². The van der Waals surface area contributed by atoms with Gasteiger partial charge in [0.1, 0.15) is 6.07 Å². The summed E-state index contributed by atoms with van der Waals surface area (Å²) in [7, 11) is 0. The number of nitro benzene ring substituents is 1. The summed E-state index contributed by atoms with van der Waals surface area (Å²) < 4.78 is 0. The molecule has 0 radical (unpaired) electrons. The van der Waals surface area contributed by atoms with Gasteiger partial charge in [-0.05, 0) is 12.1 Å². The van der Waals surface area contributed by atoms with Gasteiger partial charge in [-0.3, -0.25) is 14.9 Å². The van der Waals surface area contributed by atoms with Crippen molar-refractivity contribution in [2.75, 3.05) is 5.32 Å². The fourth-order valence-electron chi connectivity index (χ4n) is 1.68. The molecule has 0 unspecified atom stereocenters. The number of nitrogens with one attached hydrogen (secondary N) is 1. The number of nitrogens with zero attached hydrogens (tertiary/aromatic N) is 2. The molecule has 0 saturated carbocycles. The molecule has 0 aliphatic carbocycles. The summed E-state index contributed by atoms with van der Waals surface area (Å²) >= 11 is 1.36. The van der Waals surface area contributed by atoms with E-state index in [0.717, 1.165) is 4.88 Å². The van der Waals surface area contributed by atoms with Gasteiger partial charge in [0.2, 0.25) is 5.91 Å². The maximum absolute atomic E-state index is 11.0. The zero-order valence-electron chi connectivity index (χ0n) is 10.7. The van der Waals surface area contributed by atoms with Crippen LogP contribution < -0.4 is 11.1 Å². The van der Waals surface area contributed by atoms with Crippen molar-refractivity contribution in [2.24, 2.45) is 5.73 Å². The van der Waals surface area contributed by atoms with E-state index in [1.807, 2.05) is 6.07 Å². The van der Waals surface area contributed by atoms with Crippen molar-refractivity contribution in [3.63, 3.8) is 0 Å². The smallest absolute Gasteiger partial charge is 0.270 e. The van der Waals surface area contributed by atoms with Gasteiger partial charge < -0.3 is 11.1 Å². The van der Waals surface area contributed by atoms with Gasteiger partial charge in [0.05, 0.1) is 21.7 Å². The second-order valence-corrected chi connectivity index (χ2v) is 5.11. The molecule has 1 amide bonds. The highest BCUT2D eigenvalue weighted by molar-refractivity contribution is 7.10. The fourth-order valence-corrected chi connectivity index (χ4v) is 2.49. The van der Waals surface area contributed by atoms with Crippen LogP contribution in [0.5, 0.6) is 0 Å². The van der Waals surface area contributed by atoms with Crippen molar-refractivity contribution in [3.8, 4) is 6.07 Å². The first-order valence-corrected chi connectivity index (χ1v) is 6.69. The number of amides is 1. The first kappa shape index (κ1) is 14.5. The maximum Gasteiger partial charge on any atom is 0.270 e. The van der Waals surface area contributed by atoms with Crippen molar-refractivity contribution in [2.45, 2.75) is 6.54 Å². The Hall–Kier alpha value is -2.92. The molecule has 1 aromatic heterocycles. The van der Waals surface area contributed by atoms with Crippen molar-refractivity contribution >= 4 is 28.6 Å². The van der Waals surface area contributed by atoms with Gasteiger partial charge in [0.25, 0.3) is 5.69 Å². The van der Waals surface area contributed by atoms with E-state index in [-0.39, 0.29) is 11.3 Å². The number of rotatable bonds is 5. The van der Waals surface area contributed by atoms with Gasteiger partial charge in [-0.2, -0.15) is 5.26 Å². The molecule has 1 aromatic carbocycles. The minimum atomic E-state index is -0.553. The highest BCUT2D eigenvalue weighted by Gasteiger charge is 2.11. The summed E-state index contributed by atoms with van der Waals surface area (Å²) in [5.74, 6) is -0.495. The molecule has 106 valence electrons. The third kappa shape index (κ3) is 3.34. The van der Waals surface area contributed by atoms with Crippen molar-refractivity contribution in [1.29, 1.82) is 5.26 Å². The molecule has 2 rings (SSSR count). The second kappa shape index (κ2) is 6.02. The van der Waals surface area contributed by atoms with Crippen LogP contribution in [0.1, 0.15) is 20.8 Å². The van der Waals surface area contributed by atoms with Crippen molar-refractivity contribution in [3.05, 3.63) is 55.8 Å². The lowest BCUT2D eigenvalue weighted by Crippen LogP contribution is -2.09. The van der Waals surface area contributed by atoms with Crippen LogP contribution in [0.3, 0.4) is 0 Å². The molecule has 7 nitrogen and oxygen atoms in total. The lowest BCUT2D eigenvalue weighted by Gasteiger charge is -2.06. The maximum atomic E-state index is 11.0. The molecule has 0 saturated heterocycles. The molecule has 3 N–H and O–H groups in total. The van der Waals surface area contributed by atoms with E-state index >= 15 is 0 Å². The molecule has 0 aliphatic heterocycles. The molecule has 21 heavy (non-hydrogen) atoms. The molecular formula is C13H10N4O3S. The van der Waals surface area contributed by atoms with Gasteiger partial charge in [0, 0.05) is 28.9 Å². The Morgan fingerprint density at radius 3 is 2.81 bits per heavy atom. The summed E-state index contributed by atoms with van der Waals surface area (Å²) in [6.45, 7) is 0.393. The Morgan fingerprint density at radius 2 is 2.24 bits per heavy atom. The number of benzene rings is 1. The summed E-state index contributed by atoms with van der Waals surface area (Å²) in [6.07, 6.45) is 0. The van der Waals surface area contributed by atoms with Crippen LogP contribution in [-0.4, -0.2) is 10.8 Å². The molecular weight excluding hydrogens is 292 g/mol. The highest BCUT2D eigenvalue weighted by Crippen LogP contribution is 2.23. The Bertz CT molecular complexity index is 748. The van der Waals surface area contributed by atoms with Crippen molar-refractivity contribution in [1.82, 2.24) is 0 Å². The Balaban J connectivity index is 2.14. The average molecular weight is 302 g/mol. The number of hydrogen-bond acceptors (Lipinski definition) is 6. The third-order valence-electron chi connectivity index (χ3n) is 2.73. The van der Waals surface area contributed by atoms with E-state index in [9.17, 15) is 14.9 Å². The summed E-state index contributed by atoms with van der Waals surface area (Å²) in [6, 6.07) is 7.60. The number of anilines is 1. The molecule has 0 bridgehead atoms. The Morgan fingerprint density at radius 1 is 1.48 bits per heavy atom. The van der Waals surface area contributed by atoms with Crippen LogP contribution in [0.2, 0.25) is 0 Å². The molecule has 8 heteroatoms. The zero-order valence-corrected chi connectivity index (χ0v) is 11.5. The summed E-state index contributed by atoms with van der Waals surface area (Å²) in [5.41, 5.74) is 6.15. The number of thiophene rings is 1. The van der Waals surface area contributed by atoms with Gasteiger partial charge in [-0.15, -0.1) is 11.3 Å². The standard InChI is InChI=1S/C13H10N4O3S/c14-5-8-3-10(17(19)20)1-2-12(8)16-6-11-4-9(7-21-11)13(15)18/h1-4,7,16H,6H2,(H2,15,18). The number of nitrogens with two attached hydrogens (primary N) is 1. The number of primary amides is 1. The van der Waals surface area contributed by atoms with Gasteiger partial charge >= 0.3 is 0 Å². The van der Waals surface area contributed by atoms with Gasteiger partial charge in [-0.25, -0.2) is 0 Å². The monoisotopic (exact) mass is 302 g/mol. The first-order chi connectivity index (χ1) is 10.0. The largest absolute Gasteiger partial charge is 0.379 e. The number of carbonyl (C=O) groups is 1. The van der Waals surface area contributed by atoms with E-state index in [2.05, 4.69) is 5.32 Å². The molecule has 1 heterocycles. The summed E-state index contributed by atoms with van der Waals surface area (Å²) in [5, 5.41) is 24.4. The van der Waals surface area contributed by atoms with Gasteiger partial charge in [-0.1, -0.05) is 0 Å². The number of nitriles is 1. The Kier molecular flexibility index (Phi) is 4.15. The lowest BCUT2D eigenvalue weighted by molar-refractivity contribution is -0.384. The van der Waals surface area contributed by atoms with E-state index in [0.29, 0.717) is 17.8 Å². The third-order valence-corrected chi connectivity index (χ3v) is 3.66. The molecule has 0 aliphatic rings. The normalized spacial score (nSPS) is 9.86. The van der Waals surface area contributed by atoms with Crippen LogP contribution >= 0.6 is 11.3 Å². The van der Waals surface area contributed by atoms with Crippen molar-refractivity contribution < 1.29 is 9.72 Å². The first-order valence-electron chi connectivity index (χ1n) is 5.81. The highest BCUT2D eigenvalue weighted by atomic mass is 32.1. The number of hydrogen-bond donors (Lipinski definition) is 2. The molecule has 2 aromatic rings. The van der Waals surface area contributed by atoms with Crippen LogP contribution in [-0.2, 0) is 6.54 Å². The predicted molar refractivity (Wildman–Crippen MR) is 78.0 cm³/mol. The van der Waals surface area contributed by atoms with Crippen LogP contribution in [0.4, 0.5) is 11.4 Å². The second-order valence-electron chi connectivity index (χ2n) is 4.12. The van der Waals surface area contributed by atoms with Crippen LogP contribution in [0.15, 0.2) is 29.6 Å². The number of carbonyl (C=O) groups excluding carboxylic acids is 1. The van der Waals surface area contributed by atoms with Crippen LogP contribution in [0.25, 0.3) is 0 Å². The quantitative estimate of drug-likeness (QED) is 0.647. The minimum absolute atomic E-state index is 0.135.